The summed E-state index contributed by atoms with van der Waals surface area (Å²) in [4.78, 5) is 4.45. The van der Waals surface area contributed by atoms with Crippen molar-refractivity contribution in [1.29, 1.82) is 0 Å². The number of rotatable bonds is 7. The lowest BCUT2D eigenvalue weighted by Gasteiger charge is -2.09. The minimum Gasteiger partial charge on any atom is -0.496 e. The fourth-order valence-electron chi connectivity index (χ4n) is 2.65. The molecule has 6 heteroatoms. The third-order valence-corrected chi connectivity index (χ3v) is 4.00. The minimum atomic E-state index is -0.331. The van der Waals surface area contributed by atoms with Gasteiger partial charge in [0.1, 0.15) is 17.1 Å². The Hall–Kier alpha value is -2.86. The molecule has 6 nitrogen and oxygen atoms in total. The molecule has 0 saturated carbocycles. The zero-order chi connectivity index (χ0) is 17.6. The van der Waals surface area contributed by atoms with Crippen molar-refractivity contribution in [2.45, 2.75) is 18.9 Å². The molecule has 1 aromatic heterocycles. The van der Waals surface area contributed by atoms with Crippen LogP contribution in [0.25, 0.3) is 11.4 Å². The molecule has 130 valence electrons. The fourth-order valence-corrected chi connectivity index (χ4v) is 2.65. The predicted molar refractivity (Wildman–Crippen MR) is 94.5 cm³/mol. The Kier molecular flexibility index (Phi) is 5.30. The summed E-state index contributed by atoms with van der Waals surface area (Å²) < 4.78 is 16.1. The van der Waals surface area contributed by atoms with Gasteiger partial charge < -0.3 is 19.7 Å². The second-order valence-corrected chi connectivity index (χ2v) is 5.62. The highest BCUT2D eigenvalue weighted by Crippen LogP contribution is 2.36. The summed E-state index contributed by atoms with van der Waals surface area (Å²) in [7, 11) is 3.18. The van der Waals surface area contributed by atoms with E-state index in [1.54, 1.807) is 14.2 Å². The van der Waals surface area contributed by atoms with Crippen LogP contribution in [0.5, 0.6) is 11.5 Å². The number of aryl methyl sites for hydroxylation is 1. The summed E-state index contributed by atoms with van der Waals surface area (Å²) in [6, 6.07) is 15.3. The van der Waals surface area contributed by atoms with Crippen LogP contribution in [0.1, 0.15) is 23.9 Å². The van der Waals surface area contributed by atoms with Crippen LogP contribution in [0.3, 0.4) is 0 Å². The average Bonchev–Trinajstić information content (AvgIpc) is 3.16. The average molecular weight is 339 g/mol. The van der Waals surface area contributed by atoms with Gasteiger partial charge in [0.15, 0.2) is 0 Å². The summed E-state index contributed by atoms with van der Waals surface area (Å²) in [5.41, 5.74) is 8.09. The molecule has 0 saturated heterocycles. The molecule has 0 bridgehead atoms. The van der Waals surface area contributed by atoms with Crippen LogP contribution in [0, 0.1) is 0 Å². The summed E-state index contributed by atoms with van der Waals surface area (Å²) in [6.45, 7) is 0. The molecule has 1 atom stereocenters. The number of nitrogens with two attached hydrogens (primary N) is 1. The zero-order valence-electron chi connectivity index (χ0n) is 14.3. The molecule has 3 aromatic rings. The number of hydrogen-bond donors (Lipinski definition) is 1. The third-order valence-electron chi connectivity index (χ3n) is 4.00. The molecule has 0 amide bonds. The minimum absolute atomic E-state index is 0.331. The van der Waals surface area contributed by atoms with Crippen molar-refractivity contribution in [3.63, 3.8) is 0 Å². The Morgan fingerprint density at radius 3 is 2.32 bits per heavy atom. The van der Waals surface area contributed by atoms with Gasteiger partial charge in [0, 0.05) is 0 Å². The SMILES string of the molecule is COc1cccc(OC)c1-c1noc([C@H](N)CCc2ccccc2)n1. The number of benzene rings is 2. The second-order valence-electron chi connectivity index (χ2n) is 5.62. The van der Waals surface area contributed by atoms with Crippen molar-refractivity contribution in [3.8, 4) is 22.9 Å². The van der Waals surface area contributed by atoms with Gasteiger partial charge >= 0.3 is 0 Å². The van der Waals surface area contributed by atoms with Crippen LogP contribution < -0.4 is 15.2 Å². The van der Waals surface area contributed by atoms with E-state index >= 15 is 0 Å². The van der Waals surface area contributed by atoms with Crippen LogP contribution in [0.2, 0.25) is 0 Å². The van der Waals surface area contributed by atoms with Gasteiger partial charge in [0.25, 0.3) is 0 Å². The monoisotopic (exact) mass is 339 g/mol. The van der Waals surface area contributed by atoms with Gasteiger partial charge in [-0.3, -0.25) is 0 Å². The van der Waals surface area contributed by atoms with Crippen molar-refractivity contribution in [1.82, 2.24) is 10.1 Å². The van der Waals surface area contributed by atoms with Gasteiger partial charge in [0.05, 0.1) is 20.3 Å². The molecule has 3 rings (SSSR count). The smallest absolute Gasteiger partial charge is 0.243 e. The van der Waals surface area contributed by atoms with E-state index in [-0.39, 0.29) is 6.04 Å². The summed E-state index contributed by atoms with van der Waals surface area (Å²) >= 11 is 0. The molecule has 0 aliphatic heterocycles. The van der Waals surface area contributed by atoms with Crippen molar-refractivity contribution in [3.05, 3.63) is 60.0 Å². The van der Waals surface area contributed by atoms with E-state index in [1.165, 1.54) is 5.56 Å². The molecule has 1 heterocycles. The zero-order valence-corrected chi connectivity index (χ0v) is 14.3. The lowest BCUT2D eigenvalue weighted by Crippen LogP contribution is -2.11. The first kappa shape index (κ1) is 17.0. The Balaban J connectivity index is 1.78. The van der Waals surface area contributed by atoms with Gasteiger partial charge in [-0.15, -0.1) is 0 Å². The standard InChI is InChI=1S/C19H21N3O3/c1-23-15-9-6-10-16(24-2)17(15)18-21-19(25-22-18)14(20)12-11-13-7-4-3-5-8-13/h3-10,14H,11-12,20H2,1-2H3/t14-/m1/s1. The van der Waals surface area contributed by atoms with E-state index in [1.807, 2.05) is 36.4 Å². The van der Waals surface area contributed by atoms with Crippen LogP contribution >= 0.6 is 0 Å². The van der Waals surface area contributed by atoms with Gasteiger partial charge in [0.2, 0.25) is 11.7 Å². The maximum absolute atomic E-state index is 6.22. The summed E-state index contributed by atoms with van der Waals surface area (Å²) in [5.74, 6) is 2.03. The molecule has 0 aliphatic carbocycles. The van der Waals surface area contributed by atoms with E-state index in [0.717, 1.165) is 6.42 Å². The van der Waals surface area contributed by atoms with E-state index < -0.39 is 0 Å². The molecular weight excluding hydrogens is 318 g/mol. The molecule has 0 spiro atoms. The first-order chi connectivity index (χ1) is 12.2. The highest BCUT2D eigenvalue weighted by molar-refractivity contribution is 5.71. The van der Waals surface area contributed by atoms with Crippen LogP contribution in [0.4, 0.5) is 0 Å². The Bertz CT molecular complexity index is 796. The first-order valence-corrected chi connectivity index (χ1v) is 8.07. The Labute approximate surface area is 146 Å². The lowest BCUT2D eigenvalue weighted by molar-refractivity contribution is 0.348. The normalized spacial score (nSPS) is 12.0. The quantitative estimate of drug-likeness (QED) is 0.710. The van der Waals surface area contributed by atoms with Crippen molar-refractivity contribution in [2.24, 2.45) is 5.73 Å². The van der Waals surface area contributed by atoms with Crippen LogP contribution in [-0.4, -0.2) is 24.4 Å². The molecular formula is C19H21N3O3. The van der Waals surface area contributed by atoms with E-state index in [0.29, 0.717) is 35.2 Å². The number of nitrogens with zero attached hydrogens (tertiary/aromatic N) is 2. The molecule has 0 fully saturated rings. The molecule has 0 radical (unpaired) electrons. The summed E-state index contributed by atoms with van der Waals surface area (Å²) in [6.07, 6.45) is 1.56. The maximum Gasteiger partial charge on any atom is 0.243 e. The number of ether oxygens (including phenoxy) is 2. The number of methoxy groups -OCH3 is 2. The molecule has 0 aliphatic rings. The van der Waals surface area contributed by atoms with E-state index in [4.69, 9.17) is 19.7 Å². The molecule has 0 unspecified atom stereocenters. The first-order valence-electron chi connectivity index (χ1n) is 8.07. The highest BCUT2D eigenvalue weighted by atomic mass is 16.5. The van der Waals surface area contributed by atoms with Crippen molar-refractivity contribution >= 4 is 0 Å². The molecule has 2 N–H and O–H groups in total. The third kappa shape index (κ3) is 3.80. The Morgan fingerprint density at radius 2 is 1.68 bits per heavy atom. The Morgan fingerprint density at radius 1 is 1.00 bits per heavy atom. The van der Waals surface area contributed by atoms with Crippen molar-refractivity contribution in [2.75, 3.05) is 14.2 Å². The van der Waals surface area contributed by atoms with Gasteiger partial charge in [-0.05, 0) is 30.5 Å². The van der Waals surface area contributed by atoms with Crippen LogP contribution in [-0.2, 0) is 6.42 Å². The van der Waals surface area contributed by atoms with E-state index in [9.17, 15) is 0 Å². The number of aromatic nitrogens is 2. The predicted octanol–water partition coefficient (Wildman–Crippen LogP) is 3.39. The maximum atomic E-state index is 6.22. The van der Waals surface area contributed by atoms with Crippen LogP contribution in [0.15, 0.2) is 53.1 Å². The van der Waals surface area contributed by atoms with Gasteiger partial charge in [-0.2, -0.15) is 4.98 Å². The van der Waals surface area contributed by atoms with Crippen molar-refractivity contribution < 1.29 is 14.0 Å². The molecule has 25 heavy (non-hydrogen) atoms. The second kappa shape index (κ2) is 7.81. The summed E-state index contributed by atoms with van der Waals surface area (Å²) in [5, 5.41) is 4.05. The number of hydrogen-bond acceptors (Lipinski definition) is 6. The van der Waals surface area contributed by atoms with E-state index in [2.05, 4.69) is 22.3 Å². The van der Waals surface area contributed by atoms with Gasteiger partial charge in [-0.25, -0.2) is 0 Å². The largest absolute Gasteiger partial charge is 0.496 e. The van der Waals surface area contributed by atoms with Gasteiger partial charge in [-0.1, -0.05) is 41.6 Å². The molecule has 2 aromatic carbocycles. The lowest BCUT2D eigenvalue weighted by atomic mass is 10.1. The topological polar surface area (TPSA) is 83.4 Å². The highest BCUT2D eigenvalue weighted by Gasteiger charge is 2.21. The fraction of sp³-hybridized carbons (Fsp3) is 0.263.